The molecule has 1 aromatic heterocycles. The number of anilines is 1. The maximum absolute atomic E-state index is 13.4. The molecule has 0 bridgehead atoms. The van der Waals surface area contributed by atoms with Gasteiger partial charge in [-0.05, 0) is 42.8 Å². The molecule has 2 heterocycles. The number of ketones is 1. The average molecular weight is 510 g/mol. The molecule has 37 heavy (non-hydrogen) atoms. The van der Waals surface area contributed by atoms with Gasteiger partial charge in [0.1, 0.15) is 11.5 Å². The number of methoxy groups -OCH3 is 5. The second-order valence-corrected chi connectivity index (χ2v) is 7.99. The van der Waals surface area contributed by atoms with E-state index in [9.17, 15) is 14.7 Å². The van der Waals surface area contributed by atoms with Crippen molar-refractivity contribution in [3.8, 4) is 28.7 Å². The van der Waals surface area contributed by atoms with E-state index in [0.717, 1.165) is 4.90 Å². The first-order chi connectivity index (χ1) is 17.8. The fourth-order valence-electron chi connectivity index (χ4n) is 4.25. The number of aliphatic hydroxyl groups excluding tert-OH is 1. The van der Waals surface area contributed by atoms with Crippen molar-refractivity contribution in [3.05, 3.63) is 58.9 Å². The summed E-state index contributed by atoms with van der Waals surface area (Å²) in [7, 11) is 7.28. The van der Waals surface area contributed by atoms with Gasteiger partial charge in [-0.2, -0.15) is 0 Å². The summed E-state index contributed by atoms with van der Waals surface area (Å²) < 4.78 is 32.1. The minimum Gasteiger partial charge on any atom is -0.507 e. The first-order valence-electron chi connectivity index (χ1n) is 11.1. The molecule has 1 aliphatic heterocycles. The van der Waals surface area contributed by atoms with Crippen LogP contribution in [0.15, 0.2) is 46.5 Å². The van der Waals surface area contributed by atoms with E-state index in [1.165, 1.54) is 47.7 Å². The first-order valence-corrected chi connectivity index (χ1v) is 11.1. The van der Waals surface area contributed by atoms with E-state index in [4.69, 9.17) is 28.2 Å². The zero-order chi connectivity index (χ0) is 26.9. The molecule has 0 spiro atoms. The van der Waals surface area contributed by atoms with Gasteiger partial charge in [0.2, 0.25) is 5.75 Å². The van der Waals surface area contributed by atoms with Crippen LogP contribution in [-0.2, 0) is 9.59 Å². The molecule has 1 atom stereocenters. The molecule has 3 aromatic rings. The van der Waals surface area contributed by atoms with Crippen molar-refractivity contribution in [2.45, 2.75) is 13.0 Å². The van der Waals surface area contributed by atoms with Crippen molar-refractivity contribution in [1.29, 1.82) is 0 Å². The van der Waals surface area contributed by atoms with Crippen LogP contribution in [0.4, 0.5) is 5.82 Å². The lowest BCUT2D eigenvalue weighted by molar-refractivity contribution is -0.132. The zero-order valence-electron chi connectivity index (χ0n) is 21.1. The van der Waals surface area contributed by atoms with Gasteiger partial charge in [0.15, 0.2) is 28.8 Å². The van der Waals surface area contributed by atoms with Crippen LogP contribution in [0.5, 0.6) is 28.7 Å². The lowest BCUT2D eigenvalue weighted by Crippen LogP contribution is -2.29. The topological polar surface area (TPSA) is 130 Å². The molecule has 4 rings (SSSR count). The van der Waals surface area contributed by atoms with Gasteiger partial charge < -0.3 is 33.3 Å². The molecule has 1 N–H and O–H groups in total. The molecule has 0 aliphatic carbocycles. The summed E-state index contributed by atoms with van der Waals surface area (Å²) in [6.07, 6.45) is 0. The van der Waals surface area contributed by atoms with E-state index in [-0.39, 0.29) is 17.0 Å². The van der Waals surface area contributed by atoms with Crippen LogP contribution in [0.25, 0.3) is 5.76 Å². The van der Waals surface area contributed by atoms with E-state index in [2.05, 4.69) is 5.16 Å². The Kier molecular flexibility index (Phi) is 6.96. The standard InChI is InChI=1S/C26H26N2O9/c1-13-9-20(27-37-13)28-22(15-11-18(34-4)25(36-6)19(12-15)35-5)21(24(30)26(28)31)23(29)14-7-8-16(32-2)17(10-14)33-3/h7-12,22,29H,1-6H3/t22-/m1/s1. The summed E-state index contributed by atoms with van der Waals surface area (Å²) in [5.74, 6) is -0.0136. The number of aryl methyl sites for hydroxylation is 1. The number of ether oxygens (including phenoxy) is 5. The summed E-state index contributed by atoms with van der Waals surface area (Å²) in [6.45, 7) is 1.66. The number of hydrogen-bond acceptors (Lipinski definition) is 10. The van der Waals surface area contributed by atoms with Gasteiger partial charge in [0.05, 0.1) is 47.2 Å². The van der Waals surface area contributed by atoms with Gasteiger partial charge in [0, 0.05) is 11.6 Å². The summed E-state index contributed by atoms with van der Waals surface area (Å²) in [6, 6.07) is 8.25. The minimum absolute atomic E-state index is 0.102. The lowest BCUT2D eigenvalue weighted by atomic mass is 9.94. The highest BCUT2D eigenvalue weighted by atomic mass is 16.5. The van der Waals surface area contributed by atoms with Crippen molar-refractivity contribution >= 4 is 23.3 Å². The second-order valence-electron chi connectivity index (χ2n) is 7.99. The van der Waals surface area contributed by atoms with Crippen molar-refractivity contribution in [1.82, 2.24) is 5.16 Å². The number of hydrogen-bond donors (Lipinski definition) is 1. The van der Waals surface area contributed by atoms with E-state index >= 15 is 0 Å². The molecule has 1 aliphatic rings. The van der Waals surface area contributed by atoms with Crippen molar-refractivity contribution in [2.75, 3.05) is 40.4 Å². The van der Waals surface area contributed by atoms with Crippen LogP contribution >= 0.6 is 0 Å². The summed E-state index contributed by atoms with van der Waals surface area (Å²) in [4.78, 5) is 27.9. The fourth-order valence-corrected chi connectivity index (χ4v) is 4.25. The Bertz CT molecular complexity index is 1370. The molecule has 1 fully saturated rings. The van der Waals surface area contributed by atoms with E-state index in [1.54, 1.807) is 31.2 Å². The van der Waals surface area contributed by atoms with Crippen LogP contribution in [0.1, 0.15) is 22.9 Å². The lowest BCUT2D eigenvalue weighted by Gasteiger charge is -2.24. The smallest absolute Gasteiger partial charge is 0.301 e. The van der Waals surface area contributed by atoms with Crippen LogP contribution < -0.4 is 28.6 Å². The van der Waals surface area contributed by atoms with Crippen LogP contribution in [-0.4, -0.2) is 57.5 Å². The monoisotopic (exact) mass is 510 g/mol. The second kappa shape index (κ2) is 10.1. The van der Waals surface area contributed by atoms with Gasteiger partial charge in [0.25, 0.3) is 5.78 Å². The molecule has 11 heteroatoms. The molecule has 1 amide bonds. The molecule has 0 saturated carbocycles. The highest BCUT2D eigenvalue weighted by molar-refractivity contribution is 6.51. The average Bonchev–Trinajstić information content (AvgIpc) is 3.46. The Morgan fingerprint density at radius 1 is 0.865 bits per heavy atom. The largest absolute Gasteiger partial charge is 0.507 e. The third-order valence-electron chi connectivity index (χ3n) is 5.97. The predicted molar refractivity (Wildman–Crippen MR) is 132 cm³/mol. The van der Waals surface area contributed by atoms with Crippen molar-refractivity contribution < 1.29 is 42.9 Å². The Morgan fingerprint density at radius 2 is 1.49 bits per heavy atom. The predicted octanol–water partition coefficient (Wildman–Crippen LogP) is 3.65. The van der Waals surface area contributed by atoms with Gasteiger partial charge in [-0.15, -0.1) is 0 Å². The molecular weight excluding hydrogens is 484 g/mol. The Hall–Kier alpha value is -4.67. The SMILES string of the molecule is COc1ccc(C(O)=C2C(=O)C(=O)N(c3cc(C)on3)[C@@H]2c2cc(OC)c(OC)c(OC)c2)cc1OC. The number of benzene rings is 2. The number of amides is 1. The highest BCUT2D eigenvalue weighted by Gasteiger charge is 2.48. The Morgan fingerprint density at radius 3 is 2.00 bits per heavy atom. The van der Waals surface area contributed by atoms with Gasteiger partial charge in [-0.25, -0.2) is 0 Å². The summed E-state index contributed by atoms with van der Waals surface area (Å²) in [5, 5.41) is 15.3. The number of rotatable bonds is 8. The number of carbonyl (C=O) groups is 2. The third kappa shape index (κ3) is 4.28. The molecular formula is C26H26N2O9. The van der Waals surface area contributed by atoms with Crippen LogP contribution in [0.2, 0.25) is 0 Å². The van der Waals surface area contributed by atoms with E-state index in [1.807, 2.05) is 0 Å². The molecule has 0 radical (unpaired) electrons. The highest BCUT2D eigenvalue weighted by Crippen LogP contribution is 2.47. The number of aliphatic hydroxyl groups is 1. The zero-order valence-corrected chi connectivity index (χ0v) is 21.1. The molecule has 0 unspecified atom stereocenters. The van der Waals surface area contributed by atoms with Crippen molar-refractivity contribution in [2.24, 2.45) is 0 Å². The quantitative estimate of drug-likeness (QED) is 0.272. The van der Waals surface area contributed by atoms with E-state index < -0.39 is 23.5 Å². The molecule has 11 nitrogen and oxygen atoms in total. The molecule has 194 valence electrons. The van der Waals surface area contributed by atoms with Gasteiger partial charge in [-0.1, -0.05) is 5.16 Å². The summed E-state index contributed by atoms with van der Waals surface area (Å²) in [5.41, 5.74) is 0.466. The number of carbonyl (C=O) groups excluding carboxylic acids is 2. The normalized spacial score (nSPS) is 16.6. The van der Waals surface area contributed by atoms with Gasteiger partial charge >= 0.3 is 5.91 Å². The van der Waals surface area contributed by atoms with Crippen LogP contribution in [0, 0.1) is 6.92 Å². The van der Waals surface area contributed by atoms with E-state index in [0.29, 0.717) is 40.1 Å². The van der Waals surface area contributed by atoms with Gasteiger partial charge in [-0.3, -0.25) is 14.5 Å². The number of aromatic nitrogens is 1. The molecule has 1 saturated heterocycles. The van der Waals surface area contributed by atoms with Crippen molar-refractivity contribution in [3.63, 3.8) is 0 Å². The maximum atomic E-state index is 13.4. The maximum Gasteiger partial charge on any atom is 0.301 e. The Balaban J connectivity index is 2.00. The third-order valence-corrected chi connectivity index (χ3v) is 5.97. The summed E-state index contributed by atoms with van der Waals surface area (Å²) >= 11 is 0. The Labute approximate surface area is 212 Å². The first kappa shape index (κ1) is 25.4. The van der Waals surface area contributed by atoms with Crippen LogP contribution in [0.3, 0.4) is 0 Å². The minimum atomic E-state index is -1.11. The number of Topliss-reactive ketones (excluding diaryl/α,β-unsaturated/α-hetero) is 1. The fraction of sp³-hybridized carbons (Fsp3) is 0.269. The molecule has 2 aromatic carbocycles. The number of nitrogens with zero attached hydrogens (tertiary/aromatic N) is 2.